The lowest BCUT2D eigenvalue weighted by molar-refractivity contribution is -0.145. The summed E-state index contributed by atoms with van der Waals surface area (Å²) in [5.41, 5.74) is 1.08. The Hall–Kier alpha value is -4.67. The van der Waals surface area contributed by atoms with Crippen molar-refractivity contribution in [1.82, 2.24) is 20.5 Å². The predicted molar refractivity (Wildman–Crippen MR) is 159 cm³/mol. The normalized spacial score (nSPS) is 21.5. The first kappa shape index (κ1) is 28.4. The van der Waals surface area contributed by atoms with Gasteiger partial charge in [0.2, 0.25) is 17.6 Å². The fourth-order valence-electron chi connectivity index (χ4n) is 6.30. The number of hydrogen-bond acceptors (Lipinski definition) is 6. The number of H-pyrrole nitrogens is 1. The SMILES string of the molecule is COc1cccc2[nH]c(C(=O)N[C@@H](CC(C)C)C(=O)N3C[C@]4(C[C@H]3C(=O)C(=O)NC3CC3)C(=O)Nc3ccccc34)cc12. The number of methoxy groups -OCH3 is 1. The van der Waals surface area contributed by atoms with E-state index in [1.165, 1.54) is 4.90 Å². The number of ether oxygens (including phenoxy) is 1. The summed E-state index contributed by atoms with van der Waals surface area (Å²) in [6.07, 6.45) is 1.86. The van der Waals surface area contributed by atoms with E-state index in [0.717, 1.165) is 18.2 Å². The molecule has 2 fully saturated rings. The van der Waals surface area contributed by atoms with Crippen LogP contribution in [0.25, 0.3) is 10.9 Å². The van der Waals surface area contributed by atoms with E-state index in [-0.39, 0.29) is 42.9 Å². The molecule has 43 heavy (non-hydrogen) atoms. The topological polar surface area (TPSA) is 150 Å². The standard InChI is InChI=1S/C32H35N5O6/c1-17(2)13-24(35-28(39)23-14-19-21(34-23)9-6-10-26(19)43-3)30(41)37-16-32(20-7-4-5-8-22(20)36-31(32)42)15-25(37)27(38)29(40)33-18-11-12-18/h4-10,14,17-18,24-25,34H,11-13,15-16H2,1-3H3,(H,33,40)(H,35,39)(H,36,42)/t24-,25-,32-/m0/s1. The Balaban J connectivity index is 1.32. The zero-order chi connectivity index (χ0) is 30.5. The number of likely N-dealkylation sites (tertiary alicyclic amines) is 1. The Morgan fingerprint density at radius 3 is 2.58 bits per heavy atom. The first-order valence-corrected chi connectivity index (χ1v) is 14.6. The summed E-state index contributed by atoms with van der Waals surface area (Å²) in [6.45, 7) is 3.77. The van der Waals surface area contributed by atoms with Gasteiger partial charge in [0.15, 0.2) is 0 Å². The van der Waals surface area contributed by atoms with Crippen LogP contribution in [0.5, 0.6) is 5.75 Å². The number of nitrogens with zero attached hydrogens (tertiary/aromatic N) is 1. The van der Waals surface area contributed by atoms with E-state index in [0.29, 0.717) is 22.5 Å². The molecule has 1 saturated carbocycles. The molecule has 1 aromatic heterocycles. The van der Waals surface area contributed by atoms with Gasteiger partial charge in [0.05, 0.1) is 12.5 Å². The van der Waals surface area contributed by atoms with Gasteiger partial charge in [-0.1, -0.05) is 38.1 Å². The van der Waals surface area contributed by atoms with E-state index in [1.54, 1.807) is 37.4 Å². The molecular weight excluding hydrogens is 550 g/mol. The van der Waals surface area contributed by atoms with Crippen molar-refractivity contribution < 1.29 is 28.7 Å². The second-order valence-corrected chi connectivity index (χ2v) is 12.1. The molecule has 0 radical (unpaired) electrons. The predicted octanol–water partition coefficient (Wildman–Crippen LogP) is 2.66. The molecule has 2 aromatic carbocycles. The molecular formula is C32H35N5O6. The van der Waals surface area contributed by atoms with E-state index in [2.05, 4.69) is 20.9 Å². The molecule has 1 spiro atoms. The van der Waals surface area contributed by atoms with E-state index in [4.69, 9.17) is 4.74 Å². The van der Waals surface area contributed by atoms with Crippen molar-refractivity contribution >= 4 is 46.0 Å². The van der Waals surface area contributed by atoms with Crippen molar-refractivity contribution in [2.45, 2.75) is 63.1 Å². The van der Waals surface area contributed by atoms with Crippen LogP contribution in [0, 0.1) is 5.92 Å². The third kappa shape index (κ3) is 5.13. The number of nitrogens with one attached hydrogen (secondary N) is 4. The number of carbonyl (C=O) groups excluding carboxylic acids is 5. The summed E-state index contributed by atoms with van der Waals surface area (Å²) in [7, 11) is 1.55. The minimum atomic E-state index is -1.19. The number of aromatic nitrogens is 1. The highest BCUT2D eigenvalue weighted by molar-refractivity contribution is 6.39. The number of anilines is 1. The van der Waals surface area contributed by atoms with Gasteiger partial charge in [-0.2, -0.15) is 0 Å². The first-order chi connectivity index (χ1) is 20.6. The molecule has 3 aromatic rings. The van der Waals surface area contributed by atoms with Crippen LogP contribution in [0.3, 0.4) is 0 Å². The van der Waals surface area contributed by atoms with Crippen molar-refractivity contribution in [3.63, 3.8) is 0 Å². The Bertz CT molecular complexity index is 1640. The average molecular weight is 586 g/mol. The highest BCUT2D eigenvalue weighted by atomic mass is 16.5. The molecule has 224 valence electrons. The van der Waals surface area contributed by atoms with Crippen LogP contribution < -0.4 is 20.7 Å². The van der Waals surface area contributed by atoms with Crippen molar-refractivity contribution in [3.05, 3.63) is 59.8 Å². The first-order valence-electron chi connectivity index (χ1n) is 14.6. The number of aromatic amines is 1. The van der Waals surface area contributed by atoms with Gasteiger partial charge in [-0.25, -0.2) is 0 Å². The van der Waals surface area contributed by atoms with Gasteiger partial charge in [0, 0.05) is 29.2 Å². The zero-order valence-corrected chi connectivity index (χ0v) is 24.4. The Morgan fingerprint density at radius 1 is 1.09 bits per heavy atom. The maximum absolute atomic E-state index is 14.3. The number of ketones is 1. The number of fused-ring (bicyclic) bond motifs is 3. The molecule has 11 heteroatoms. The largest absolute Gasteiger partial charge is 0.496 e. The molecule has 2 aliphatic heterocycles. The number of carbonyl (C=O) groups is 5. The molecule has 3 heterocycles. The third-order valence-corrected chi connectivity index (χ3v) is 8.61. The summed E-state index contributed by atoms with van der Waals surface area (Å²) in [4.78, 5) is 72.2. The lowest BCUT2D eigenvalue weighted by atomic mass is 9.79. The smallest absolute Gasteiger partial charge is 0.289 e. The second-order valence-electron chi connectivity index (χ2n) is 12.1. The van der Waals surface area contributed by atoms with Crippen molar-refractivity contribution in [2.24, 2.45) is 5.92 Å². The number of para-hydroxylation sites is 1. The van der Waals surface area contributed by atoms with E-state index >= 15 is 0 Å². The molecule has 4 amide bonds. The van der Waals surface area contributed by atoms with E-state index in [9.17, 15) is 24.0 Å². The summed E-state index contributed by atoms with van der Waals surface area (Å²) < 4.78 is 5.41. The van der Waals surface area contributed by atoms with E-state index < -0.39 is 41.0 Å². The average Bonchev–Trinajstić information content (AvgIpc) is 3.43. The number of rotatable bonds is 9. The van der Waals surface area contributed by atoms with Gasteiger partial charge in [0.25, 0.3) is 11.8 Å². The maximum atomic E-state index is 14.3. The van der Waals surface area contributed by atoms with Crippen LogP contribution in [0.1, 0.15) is 55.6 Å². The lowest BCUT2D eigenvalue weighted by Gasteiger charge is -2.29. The van der Waals surface area contributed by atoms with E-state index in [1.807, 2.05) is 32.0 Å². The number of hydrogen-bond donors (Lipinski definition) is 4. The molecule has 4 N–H and O–H groups in total. The molecule has 0 bridgehead atoms. The summed E-state index contributed by atoms with van der Waals surface area (Å²) >= 11 is 0. The Kier molecular flexibility index (Phi) is 7.19. The third-order valence-electron chi connectivity index (χ3n) is 8.61. The van der Waals surface area contributed by atoms with Crippen LogP contribution >= 0.6 is 0 Å². The maximum Gasteiger partial charge on any atom is 0.289 e. The fraction of sp³-hybridized carbons (Fsp3) is 0.406. The van der Waals surface area contributed by atoms with Gasteiger partial charge in [-0.3, -0.25) is 24.0 Å². The molecule has 0 unspecified atom stereocenters. The number of amides is 4. The molecule has 1 saturated heterocycles. The van der Waals surface area contributed by atoms with Crippen molar-refractivity contribution in [3.8, 4) is 5.75 Å². The van der Waals surface area contributed by atoms with Gasteiger partial charge >= 0.3 is 0 Å². The van der Waals surface area contributed by atoms with Crippen molar-refractivity contribution in [1.29, 1.82) is 0 Å². The molecule has 11 nitrogen and oxygen atoms in total. The highest BCUT2D eigenvalue weighted by Crippen LogP contribution is 2.47. The molecule has 3 atom stereocenters. The molecule has 3 aliphatic rings. The van der Waals surface area contributed by atoms with Gasteiger partial charge < -0.3 is 30.6 Å². The van der Waals surface area contributed by atoms with Crippen LogP contribution in [-0.2, 0) is 24.6 Å². The van der Waals surface area contributed by atoms with Crippen LogP contribution in [0.4, 0.5) is 5.69 Å². The minimum Gasteiger partial charge on any atom is -0.496 e. The van der Waals surface area contributed by atoms with Crippen molar-refractivity contribution in [2.75, 3.05) is 19.0 Å². The monoisotopic (exact) mass is 585 g/mol. The minimum absolute atomic E-state index is 0.0106. The lowest BCUT2D eigenvalue weighted by Crippen LogP contribution is -2.54. The summed E-state index contributed by atoms with van der Waals surface area (Å²) in [6, 6.07) is 12.1. The number of Topliss-reactive ketones (excluding diaryl/α,β-unsaturated/α-hetero) is 1. The summed E-state index contributed by atoms with van der Waals surface area (Å²) in [5.74, 6) is -2.23. The quantitative estimate of drug-likeness (QED) is 0.284. The molecule has 6 rings (SSSR count). The Labute approximate surface area is 248 Å². The van der Waals surface area contributed by atoms with Gasteiger partial charge in [0.1, 0.15) is 23.5 Å². The zero-order valence-electron chi connectivity index (χ0n) is 24.4. The van der Waals surface area contributed by atoms with Crippen LogP contribution in [0.2, 0.25) is 0 Å². The van der Waals surface area contributed by atoms with Gasteiger partial charge in [-0.05, 0) is 61.4 Å². The Morgan fingerprint density at radius 2 is 1.86 bits per heavy atom. The molecule has 1 aliphatic carbocycles. The second kappa shape index (κ2) is 10.9. The fourth-order valence-corrected chi connectivity index (χ4v) is 6.30. The van der Waals surface area contributed by atoms with Gasteiger partial charge in [-0.15, -0.1) is 0 Å². The highest BCUT2D eigenvalue weighted by Gasteiger charge is 2.58. The number of benzene rings is 2. The van der Waals surface area contributed by atoms with Crippen LogP contribution in [-0.4, -0.2) is 71.1 Å². The van der Waals surface area contributed by atoms with Crippen LogP contribution in [0.15, 0.2) is 48.5 Å². The summed E-state index contributed by atoms with van der Waals surface area (Å²) in [5, 5.41) is 9.20.